The predicted octanol–water partition coefficient (Wildman–Crippen LogP) is 0.190. The Morgan fingerprint density at radius 3 is 2.50 bits per heavy atom. The third-order valence-electron chi connectivity index (χ3n) is 3.26. The van der Waals surface area contributed by atoms with E-state index in [0.29, 0.717) is 18.8 Å². The minimum atomic E-state index is -2.86. The van der Waals surface area contributed by atoms with Crippen molar-refractivity contribution in [3.05, 3.63) is 5.69 Å². The van der Waals surface area contributed by atoms with Crippen LogP contribution in [-0.4, -0.2) is 42.8 Å². The van der Waals surface area contributed by atoms with Crippen LogP contribution in [0.5, 0.6) is 0 Å². The van der Waals surface area contributed by atoms with Crippen LogP contribution in [0.1, 0.15) is 19.0 Å². The Labute approximate surface area is 108 Å². The summed E-state index contributed by atoms with van der Waals surface area (Å²) in [7, 11) is -1.01. The molecule has 2 N–H and O–H groups in total. The molecular formula is C11H20N4O2S. The monoisotopic (exact) mass is 272 g/mol. The van der Waals surface area contributed by atoms with Crippen LogP contribution in [0.3, 0.4) is 0 Å². The van der Waals surface area contributed by atoms with Crippen molar-refractivity contribution in [2.45, 2.75) is 19.8 Å². The molecule has 1 aromatic heterocycles. The van der Waals surface area contributed by atoms with Gasteiger partial charge in [0.25, 0.3) is 0 Å². The Kier molecular flexibility index (Phi) is 3.52. The highest BCUT2D eigenvalue weighted by atomic mass is 32.2. The average Bonchev–Trinajstić information content (AvgIpc) is 2.56. The van der Waals surface area contributed by atoms with Gasteiger partial charge >= 0.3 is 0 Å². The van der Waals surface area contributed by atoms with E-state index in [2.05, 4.69) is 12.0 Å². The van der Waals surface area contributed by atoms with Gasteiger partial charge in [-0.05, 0) is 6.42 Å². The van der Waals surface area contributed by atoms with Crippen molar-refractivity contribution in [1.29, 1.82) is 0 Å². The SMILES string of the molecule is CCCc1nn(C)c(N2CCS(=O)(=O)CC2)c1N. The normalized spacial score (nSPS) is 19.1. The molecule has 7 heteroatoms. The highest BCUT2D eigenvalue weighted by molar-refractivity contribution is 7.91. The van der Waals surface area contributed by atoms with Crippen LogP contribution in [0, 0.1) is 0 Å². The number of hydrogen-bond donors (Lipinski definition) is 1. The number of aryl methyl sites for hydroxylation is 2. The molecule has 0 atom stereocenters. The highest BCUT2D eigenvalue weighted by Gasteiger charge is 2.26. The van der Waals surface area contributed by atoms with E-state index in [1.165, 1.54) is 0 Å². The number of hydrogen-bond acceptors (Lipinski definition) is 5. The first kappa shape index (κ1) is 13.2. The minimum Gasteiger partial charge on any atom is -0.394 e. The fourth-order valence-corrected chi connectivity index (χ4v) is 3.51. The lowest BCUT2D eigenvalue weighted by atomic mass is 10.2. The molecule has 1 saturated heterocycles. The van der Waals surface area contributed by atoms with E-state index in [1.807, 2.05) is 11.9 Å². The van der Waals surface area contributed by atoms with Gasteiger partial charge in [-0.25, -0.2) is 8.42 Å². The Hall–Kier alpha value is -1.24. The summed E-state index contributed by atoms with van der Waals surface area (Å²) in [5, 5.41) is 4.41. The summed E-state index contributed by atoms with van der Waals surface area (Å²) in [6.07, 6.45) is 1.85. The van der Waals surface area contributed by atoms with E-state index < -0.39 is 9.84 Å². The number of aromatic nitrogens is 2. The summed E-state index contributed by atoms with van der Waals surface area (Å²) in [4.78, 5) is 2.02. The third-order valence-corrected chi connectivity index (χ3v) is 4.87. The van der Waals surface area contributed by atoms with Gasteiger partial charge in [0.05, 0.1) is 22.9 Å². The number of sulfone groups is 1. The largest absolute Gasteiger partial charge is 0.394 e. The number of nitrogen functional groups attached to an aromatic ring is 1. The summed E-state index contributed by atoms with van der Waals surface area (Å²) < 4.78 is 24.6. The van der Waals surface area contributed by atoms with Gasteiger partial charge in [0.1, 0.15) is 5.82 Å². The van der Waals surface area contributed by atoms with Gasteiger partial charge in [-0.15, -0.1) is 0 Å². The fourth-order valence-electron chi connectivity index (χ4n) is 2.31. The molecule has 0 unspecified atom stereocenters. The Bertz CT molecular complexity index is 521. The summed E-state index contributed by atoms with van der Waals surface area (Å²) >= 11 is 0. The average molecular weight is 272 g/mol. The van der Waals surface area contributed by atoms with Crippen molar-refractivity contribution >= 4 is 21.3 Å². The number of nitrogens with zero attached hydrogens (tertiary/aromatic N) is 3. The van der Waals surface area contributed by atoms with E-state index in [4.69, 9.17) is 5.73 Å². The van der Waals surface area contributed by atoms with Crippen molar-refractivity contribution in [3.63, 3.8) is 0 Å². The second kappa shape index (κ2) is 4.79. The van der Waals surface area contributed by atoms with E-state index >= 15 is 0 Å². The molecule has 0 aliphatic carbocycles. The summed E-state index contributed by atoms with van der Waals surface area (Å²) in [5.41, 5.74) is 7.71. The molecule has 1 aliphatic heterocycles. The van der Waals surface area contributed by atoms with E-state index in [9.17, 15) is 8.42 Å². The maximum Gasteiger partial charge on any atom is 0.153 e. The van der Waals surface area contributed by atoms with Crippen LogP contribution < -0.4 is 10.6 Å². The molecule has 18 heavy (non-hydrogen) atoms. The molecule has 2 heterocycles. The topological polar surface area (TPSA) is 81.2 Å². The molecule has 0 bridgehead atoms. The summed E-state index contributed by atoms with van der Waals surface area (Å²) in [6.45, 7) is 3.08. The van der Waals surface area contributed by atoms with Crippen LogP contribution in [-0.2, 0) is 23.3 Å². The van der Waals surface area contributed by atoms with Crippen LogP contribution in [0.15, 0.2) is 0 Å². The molecule has 0 aromatic carbocycles. The van der Waals surface area contributed by atoms with E-state index in [1.54, 1.807) is 4.68 Å². The Morgan fingerprint density at radius 1 is 1.33 bits per heavy atom. The van der Waals surface area contributed by atoms with Crippen LogP contribution in [0.2, 0.25) is 0 Å². The van der Waals surface area contributed by atoms with Crippen LogP contribution in [0.25, 0.3) is 0 Å². The lowest BCUT2D eigenvalue weighted by Crippen LogP contribution is -2.41. The van der Waals surface area contributed by atoms with Gasteiger partial charge in [-0.1, -0.05) is 13.3 Å². The smallest absolute Gasteiger partial charge is 0.153 e. The lowest BCUT2D eigenvalue weighted by Gasteiger charge is -2.28. The molecule has 6 nitrogen and oxygen atoms in total. The molecule has 0 amide bonds. The quantitative estimate of drug-likeness (QED) is 0.849. The number of anilines is 2. The zero-order valence-corrected chi connectivity index (χ0v) is 11.7. The molecule has 0 saturated carbocycles. The van der Waals surface area contributed by atoms with E-state index in [0.717, 1.165) is 24.4 Å². The predicted molar refractivity (Wildman–Crippen MR) is 72.5 cm³/mol. The fraction of sp³-hybridized carbons (Fsp3) is 0.727. The summed E-state index contributed by atoms with van der Waals surface area (Å²) in [5.74, 6) is 1.25. The Morgan fingerprint density at radius 2 is 1.94 bits per heavy atom. The molecule has 0 spiro atoms. The molecule has 1 aromatic rings. The zero-order chi connectivity index (χ0) is 13.3. The molecule has 1 aliphatic rings. The van der Waals surface area contributed by atoms with Gasteiger partial charge in [0, 0.05) is 20.1 Å². The van der Waals surface area contributed by atoms with Crippen molar-refractivity contribution in [2.75, 3.05) is 35.2 Å². The van der Waals surface area contributed by atoms with Crippen molar-refractivity contribution in [1.82, 2.24) is 9.78 Å². The Balaban J connectivity index is 2.24. The van der Waals surface area contributed by atoms with E-state index in [-0.39, 0.29) is 11.5 Å². The molecule has 2 rings (SSSR count). The van der Waals surface area contributed by atoms with Gasteiger partial charge in [-0.2, -0.15) is 5.10 Å². The number of rotatable bonds is 3. The summed E-state index contributed by atoms with van der Waals surface area (Å²) in [6, 6.07) is 0. The van der Waals surface area contributed by atoms with Crippen LogP contribution in [0.4, 0.5) is 11.5 Å². The van der Waals surface area contributed by atoms with Crippen molar-refractivity contribution in [3.8, 4) is 0 Å². The first-order valence-corrected chi connectivity index (χ1v) is 8.03. The molecular weight excluding hydrogens is 252 g/mol. The second-order valence-electron chi connectivity index (χ2n) is 4.70. The maximum atomic E-state index is 11.4. The van der Waals surface area contributed by atoms with Gasteiger partial charge in [-0.3, -0.25) is 4.68 Å². The number of nitrogens with two attached hydrogens (primary N) is 1. The van der Waals surface area contributed by atoms with Crippen molar-refractivity contribution in [2.24, 2.45) is 7.05 Å². The molecule has 1 fully saturated rings. The first-order chi connectivity index (χ1) is 8.44. The molecule has 0 radical (unpaired) electrons. The van der Waals surface area contributed by atoms with Gasteiger partial charge < -0.3 is 10.6 Å². The highest BCUT2D eigenvalue weighted by Crippen LogP contribution is 2.28. The first-order valence-electron chi connectivity index (χ1n) is 6.21. The third kappa shape index (κ3) is 2.45. The second-order valence-corrected chi connectivity index (χ2v) is 7.00. The van der Waals surface area contributed by atoms with Gasteiger partial charge in [0.15, 0.2) is 9.84 Å². The minimum absolute atomic E-state index is 0.195. The van der Waals surface area contributed by atoms with Crippen molar-refractivity contribution < 1.29 is 8.42 Å². The zero-order valence-electron chi connectivity index (χ0n) is 10.9. The molecule has 102 valence electrons. The lowest BCUT2D eigenvalue weighted by molar-refractivity contribution is 0.584. The standard InChI is InChI=1S/C11H20N4O2S/c1-3-4-9-10(12)11(14(2)13-9)15-5-7-18(16,17)8-6-15/h3-8,12H2,1-2H3. The van der Waals surface area contributed by atoms with Crippen LogP contribution >= 0.6 is 0 Å². The van der Waals surface area contributed by atoms with Gasteiger partial charge in [0.2, 0.25) is 0 Å². The maximum absolute atomic E-state index is 11.4.